The molecule has 0 spiro atoms. The Morgan fingerprint density at radius 1 is 0.386 bits per heavy atom. The predicted octanol–water partition coefficient (Wildman–Crippen LogP) is 18.6. The van der Waals surface area contributed by atoms with Crippen molar-refractivity contribution in [2.45, 2.75) is 19.3 Å². The van der Waals surface area contributed by atoms with Crippen molar-refractivity contribution in [3.05, 3.63) is 254 Å². The Bertz CT molecular complexity index is 4170. The third-order valence-corrected chi connectivity index (χ3v) is 15.0. The number of para-hydroxylation sites is 3. The minimum atomic E-state index is -0.101. The summed E-state index contributed by atoms with van der Waals surface area (Å²) in [5, 5.41) is 7.10. The number of hydrogen-bond acceptors (Lipinski definition) is 2. The van der Waals surface area contributed by atoms with Crippen molar-refractivity contribution in [3.8, 4) is 50.2 Å². The first-order valence-corrected chi connectivity index (χ1v) is 24.2. The van der Waals surface area contributed by atoms with Crippen LogP contribution in [0.5, 0.6) is 0 Å². The summed E-state index contributed by atoms with van der Waals surface area (Å²) in [6.45, 7) is 4.71. The van der Waals surface area contributed by atoms with Gasteiger partial charge in [-0.25, -0.2) is 0 Å². The summed E-state index contributed by atoms with van der Waals surface area (Å²) in [6, 6.07) is 88.6. The van der Waals surface area contributed by atoms with Crippen LogP contribution in [0.25, 0.3) is 105 Å². The molecule has 11 aromatic carbocycles. The van der Waals surface area contributed by atoms with Crippen molar-refractivity contribution in [2.24, 2.45) is 0 Å². The van der Waals surface area contributed by atoms with E-state index in [1.807, 2.05) is 0 Å². The third-order valence-electron chi connectivity index (χ3n) is 15.0. The van der Waals surface area contributed by atoms with Gasteiger partial charge in [-0.3, -0.25) is 0 Å². The zero-order valence-electron chi connectivity index (χ0n) is 38.9. The normalized spacial score (nSPS) is 12.8. The second-order valence-electron chi connectivity index (χ2n) is 19.2. The molecular weight excluding hydrogens is 849 g/mol. The maximum absolute atomic E-state index is 7.04. The maximum Gasteiger partial charge on any atom is 0.145 e. The van der Waals surface area contributed by atoms with Crippen LogP contribution in [0.4, 0.5) is 17.1 Å². The second-order valence-corrected chi connectivity index (χ2v) is 19.2. The van der Waals surface area contributed by atoms with E-state index in [4.69, 9.17) is 4.42 Å². The fourth-order valence-electron chi connectivity index (χ4n) is 11.6. The highest BCUT2D eigenvalue weighted by atomic mass is 16.3. The third kappa shape index (κ3) is 6.15. The topological polar surface area (TPSA) is 21.3 Å². The lowest BCUT2D eigenvalue weighted by Crippen LogP contribution is -2.14. The molecule has 0 amide bonds. The van der Waals surface area contributed by atoms with Crippen LogP contribution in [0.15, 0.2) is 247 Å². The molecule has 0 fully saturated rings. The van der Waals surface area contributed by atoms with Gasteiger partial charge >= 0.3 is 0 Å². The van der Waals surface area contributed by atoms with Gasteiger partial charge in [0.25, 0.3) is 0 Å². The highest BCUT2D eigenvalue weighted by Crippen LogP contribution is 2.51. The smallest absolute Gasteiger partial charge is 0.145 e. The Balaban J connectivity index is 0.956. The summed E-state index contributed by atoms with van der Waals surface area (Å²) >= 11 is 0. The van der Waals surface area contributed by atoms with Gasteiger partial charge in [0.1, 0.15) is 11.2 Å². The molecular formula is C67H46N2O. The van der Waals surface area contributed by atoms with E-state index >= 15 is 0 Å². The van der Waals surface area contributed by atoms with E-state index in [1.54, 1.807) is 0 Å². The number of fused-ring (bicyclic) bond motifs is 10. The van der Waals surface area contributed by atoms with Gasteiger partial charge in [0, 0.05) is 44.2 Å². The molecule has 330 valence electrons. The Morgan fingerprint density at radius 2 is 0.986 bits per heavy atom. The largest absolute Gasteiger partial charge is 0.455 e. The Labute approximate surface area is 406 Å². The van der Waals surface area contributed by atoms with Crippen LogP contribution in [0, 0.1) is 0 Å². The molecule has 0 saturated heterocycles. The number of hydrogen-bond donors (Lipinski definition) is 0. The van der Waals surface area contributed by atoms with Gasteiger partial charge in [0.05, 0.1) is 22.1 Å². The summed E-state index contributed by atoms with van der Waals surface area (Å²) in [4.78, 5) is 2.42. The van der Waals surface area contributed by atoms with Crippen LogP contribution in [0.1, 0.15) is 25.0 Å². The van der Waals surface area contributed by atoms with Crippen LogP contribution >= 0.6 is 0 Å². The van der Waals surface area contributed by atoms with Crippen LogP contribution in [0.3, 0.4) is 0 Å². The number of aromatic nitrogens is 1. The first-order valence-electron chi connectivity index (χ1n) is 24.2. The van der Waals surface area contributed by atoms with Gasteiger partial charge in [-0.1, -0.05) is 184 Å². The van der Waals surface area contributed by atoms with E-state index in [2.05, 4.69) is 266 Å². The molecule has 0 atom stereocenters. The molecule has 1 aliphatic carbocycles. The molecule has 0 unspecified atom stereocenters. The highest BCUT2D eigenvalue weighted by Gasteiger charge is 2.35. The quantitative estimate of drug-likeness (QED) is 0.159. The van der Waals surface area contributed by atoms with Crippen molar-refractivity contribution in [3.63, 3.8) is 0 Å². The van der Waals surface area contributed by atoms with Gasteiger partial charge < -0.3 is 13.9 Å². The summed E-state index contributed by atoms with van der Waals surface area (Å²) in [5.41, 5.74) is 20.5. The minimum absolute atomic E-state index is 0.101. The number of nitrogens with zero attached hydrogens (tertiary/aromatic N) is 2. The fraction of sp³-hybridized carbons (Fsp3) is 0.0448. The van der Waals surface area contributed by atoms with Crippen LogP contribution in [-0.4, -0.2) is 4.57 Å². The van der Waals surface area contributed by atoms with Gasteiger partial charge in [0.15, 0.2) is 0 Å². The molecule has 0 aliphatic heterocycles. The van der Waals surface area contributed by atoms with Crippen LogP contribution < -0.4 is 4.90 Å². The molecule has 3 heteroatoms. The van der Waals surface area contributed by atoms with E-state index in [-0.39, 0.29) is 5.41 Å². The average molecular weight is 895 g/mol. The highest BCUT2D eigenvalue weighted by molar-refractivity contribution is 6.17. The molecule has 2 aromatic heterocycles. The number of benzene rings is 11. The van der Waals surface area contributed by atoms with Crippen molar-refractivity contribution in [2.75, 3.05) is 4.90 Å². The SMILES string of the molecule is CC1(C)c2ccccc2-c2ccc(-c3cccc(N(c4ccc(-c5cccc6ccccc56)cc4)c4ccc(-c5cccc(-n6c7ccccc7c7ccccc76)c5)c5oc6ccccc6c45)c3)cc21. The van der Waals surface area contributed by atoms with Crippen molar-refractivity contribution in [1.29, 1.82) is 0 Å². The molecule has 3 nitrogen and oxygen atoms in total. The molecule has 0 N–H and O–H groups in total. The van der Waals surface area contributed by atoms with E-state index in [0.29, 0.717) is 0 Å². The molecule has 1 aliphatic rings. The molecule has 14 rings (SSSR count). The summed E-state index contributed by atoms with van der Waals surface area (Å²) in [5.74, 6) is 0. The molecule has 0 saturated carbocycles. The first-order chi connectivity index (χ1) is 34.5. The van der Waals surface area contributed by atoms with Gasteiger partial charge in [-0.15, -0.1) is 0 Å². The number of anilines is 3. The van der Waals surface area contributed by atoms with Crippen molar-refractivity contribution >= 4 is 71.6 Å². The van der Waals surface area contributed by atoms with Gasteiger partial charge in [-0.05, 0) is 134 Å². The van der Waals surface area contributed by atoms with E-state index in [1.165, 1.54) is 71.5 Å². The van der Waals surface area contributed by atoms with E-state index in [0.717, 1.165) is 61.4 Å². The monoisotopic (exact) mass is 894 g/mol. The van der Waals surface area contributed by atoms with Crippen molar-refractivity contribution in [1.82, 2.24) is 4.57 Å². The lowest BCUT2D eigenvalue weighted by Gasteiger charge is -2.27. The minimum Gasteiger partial charge on any atom is -0.455 e. The molecule has 2 heterocycles. The zero-order valence-corrected chi connectivity index (χ0v) is 38.9. The number of rotatable bonds is 7. The predicted molar refractivity (Wildman–Crippen MR) is 294 cm³/mol. The lowest BCUT2D eigenvalue weighted by atomic mass is 9.81. The van der Waals surface area contributed by atoms with Crippen molar-refractivity contribution < 1.29 is 4.42 Å². The summed E-state index contributed by atoms with van der Waals surface area (Å²) < 4.78 is 9.42. The number of furan rings is 1. The fourth-order valence-corrected chi connectivity index (χ4v) is 11.6. The van der Waals surface area contributed by atoms with Crippen LogP contribution in [-0.2, 0) is 5.41 Å². The van der Waals surface area contributed by atoms with Gasteiger partial charge in [-0.2, -0.15) is 0 Å². The molecule has 0 radical (unpaired) electrons. The Morgan fingerprint density at radius 3 is 1.81 bits per heavy atom. The second kappa shape index (κ2) is 15.6. The average Bonchev–Trinajstić information content (AvgIpc) is 4.05. The standard InChI is InChI=1S/C67H46N2O/c1-67(2)59-28-9-5-23-54(59)55-37-34-46(42-60(55)67)45-18-13-20-49(40-45)68(48-35-32-44(33-36-48)52-27-15-17-43-16-3-4-22-51(43)52)63-39-38-53(66-65(63)58-26-8-12-31-64(58)70-66)47-19-14-21-50(41-47)69-61-29-10-6-24-56(61)57-25-7-11-30-62(57)69/h3-42H,1-2H3. The maximum atomic E-state index is 7.04. The lowest BCUT2D eigenvalue weighted by molar-refractivity contribution is 0.660. The summed E-state index contributed by atoms with van der Waals surface area (Å²) in [7, 11) is 0. The zero-order chi connectivity index (χ0) is 46.5. The molecule has 0 bridgehead atoms. The van der Waals surface area contributed by atoms with Gasteiger partial charge in [0.2, 0.25) is 0 Å². The van der Waals surface area contributed by atoms with Crippen LogP contribution in [0.2, 0.25) is 0 Å². The first kappa shape index (κ1) is 40.2. The Kier molecular flexibility index (Phi) is 8.93. The van der Waals surface area contributed by atoms with E-state index in [9.17, 15) is 0 Å². The molecule has 13 aromatic rings. The summed E-state index contributed by atoms with van der Waals surface area (Å²) in [6.07, 6.45) is 0. The molecule has 70 heavy (non-hydrogen) atoms. The Hall–Kier alpha value is -8.92. The van der Waals surface area contributed by atoms with E-state index < -0.39 is 0 Å².